The Labute approximate surface area is 202 Å². The third-order valence-electron chi connectivity index (χ3n) is 7.69. The van der Waals surface area contributed by atoms with Crippen LogP contribution in [0, 0.1) is 0 Å². The molecule has 3 atom stereocenters. The van der Waals surface area contributed by atoms with E-state index in [2.05, 4.69) is 10.2 Å². The van der Waals surface area contributed by atoms with Crippen LogP contribution < -0.4 is 5.32 Å². The number of fused-ring (bicyclic) bond motifs is 2. The fourth-order valence-corrected chi connectivity index (χ4v) is 6.65. The minimum absolute atomic E-state index is 0.210. The van der Waals surface area contributed by atoms with Crippen molar-refractivity contribution in [3.8, 4) is 0 Å². The smallest absolute Gasteiger partial charge is 0.378 e. The predicted molar refractivity (Wildman–Crippen MR) is 126 cm³/mol. The van der Waals surface area contributed by atoms with Crippen LogP contribution in [-0.2, 0) is 10.9 Å². The van der Waals surface area contributed by atoms with Crippen LogP contribution in [-0.4, -0.2) is 47.9 Å². The number of alkyl halides is 3. The number of hydrogen-bond acceptors (Lipinski definition) is 4. The molecule has 8 heteroatoms. The van der Waals surface area contributed by atoms with Crippen molar-refractivity contribution in [2.24, 2.45) is 0 Å². The highest BCUT2D eigenvalue weighted by Gasteiger charge is 2.56. The third-order valence-corrected chi connectivity index (χ3v) is 8.47. The maximum Gasteiger partial charge on any atom is 0.416 e. The molecule has 0 aromatic heterocycles. The predicted octanol–water partition coefficient (Wildman–Crippen LogP) is 5.68. The van der Waals surface area contributed by atoms with Crippen molar-refractivity contribution in [1.82, 2.24) is 10.2 Å². The first-order valence-corrected chi connectivity index (χ1v) is 13.0. The topological polar surface area (TPSA) is 41.6 Å². The summed E-state index contributed by atoms with van der Waals surface area (Å²) in [5.41, 5.74) is 0.353. The van der Waals surface area contributed by atoms with Crippen molar-refractivity contribution < 1.29 is 22.7 Å². The Balaban J connectivity index is 1.50. The molecule has 2 saturated heterocycles. The number of carbonyl (C=O) groups excluding carboxylic acids is 1. The lowest BCUT2D eigenvalue weighted by Gasteiger charge is -2.58. The quantitative estimate of drug-likeness (QED) is 0.529. The van der Waals surface area contributed by atoms with E-state index in [0.717, 1.165) is 61.6 Å². The summed E-state index contributed by atoms with van der Waals surface area (Å²) in [5.74, 6) is -0.334. The summed E-state index contributed by atoms with van der Waals surface area (Å²) >= 11 is 1.16. The molecule has 2 heterocycles. The highest BCUT2D eigenvalue weighted by molar-refractivity contribution is 7.98. The molecule has 5 rings (SSSR count). The number of nitrogens with one attached hydrogen (secondary N) is 1. The van der Waals surface area contributed by atoms with Crippen LogP contribution in [0.2, 0.25) is 0 Å². The number of benzene rings is 2. The summed E-state index contributed by atoms with van der Waals surface area (Å²) in [6.45, 7) is 1.42. The second-order valence-corrected chi connectivity index (χ2v) is 10.4. The normalized spacial score (nSPS) is 24.9. The van der Waals surface area contributed by atoms with E-state index in [1.165, 1.54) is 6.07 Å². The third kappa shape index (κ3) is 4.14. The van der Waals surface area contributed by atoms with Crippen LogP contribution in [0.15, 0.2) is 53.4 Å². The van der Waals surface area contributed by atoms with Crippen LogP contribution in [0.5, 0.6) is 0 Å². The largest absolute Gasteiger partial charge is 0.416 e. The Morgan fingerprint density at radius 3 is 2.35 bits per heavy atom. The maximum atomic E-state index is 13.6. The van der Waals surface area contributed by atoms with Crippen molar-refractivity contribution in [2.45, 2.75) is 66.8 Å². The van der Waals surface area contributed by atoms with E-state index >= 15 is 0 Å². The average molecular weight is 491 g/mol. The van der Waals surface area contributed by atoms with E-state index in [-0.39, 0.29) is 23.1 Å². The van der Waals surface area contributed by atoms with Gasteiger partial charge in [0, 0.05) is 22.5 Å². The molecule has 0 spiro atoms. The van der Waals surface area contributed by atoms with E-state index < -0.39 is 11.7 Å². The average Bonchev–Trinajstić information content (AvgIpc) is 3.05. The maximum absolute atomic E-state index is 13.6. The summed E-state index contributed by atoms with van der Waals surface area (Å²) in [6, 6.07) is 13.8. The highest BCUT2D eigenvalue weighted by atomic mass is 32.2. The van der Waals surface area contributed by atoms with Gasteiger partial charge in [0.1, 0.15) is 0 Å². The van der Waals surface area contributed by atoms with Crippen LogP contribution >= 0.6 is 11.8 Å². The Morgan fingerprint density at radius 2 is 1.79 bits per heavy atom. The van der Waals surface area contributed by atoms with Gasteiger partial charge in [-0.2, -0.15) is 13.2 Å². The number of nitrogens with zero attached hydrogens (tertiary/aromatic N) is 1. The summed E-state index contributed by atoms with van der Waals surface area (Å²) in [7, 11) is 0. The van der Waals surface area contributed by atoms with Crippen LogP contribution in [0.25, 0.3) is 0 Å². The number of thioether (sulfide) groups is 1. The molecule has 1 saturated carbocycles. The highest BCUT2D eigenvalue weighted by Crippen LogP contribution is 2.52. The van der Waals surface area contributed by atoms with Crippen molar-refractivity contribution >= 4 is 17.7 Å². The van der Waals surface area contributed by atoms with Crippen molar-refractivity contribution in [1.29, 1.82) is 0 Å². The van der Waals surface area contributed by atoms with Crippen molar-refractivity contribution in [3.63, 3.8) is 0 Å². The number of hydrogen-bond donors (Lipinski definition) is 1. The Morgan fingerprint density at radius 1 is 1.12 bits per heavy atom. The lowest BCUT2D eigenvalue weighted by atomic mass is 9.67. The lowest BCUT2D eigenvalue weighted by molar-refractivity contribution is -0.137. The second kappa shape index (κ2) is 9.21. The van der Waals surface area contributed by atoms with Gasteiger partial charge in [-0.05, 0) is 62.1 Å². The molecule has 34 heavy (non-hydrogen) atoms. The second-order valence-electron chi connectivity index (χ2n) is 9.52. The summed E-state index contributed by atoms with van der Waals surface area (Å²) in [4.78, 5) is 16.5. The molecular weight excluding hydrogens is 461 g/mol. The van der Waals surface area contributed by atoms with Gasteiger partial charge < -0.3 is 10.1 Å². The van der Waals surface area contributed by atoms with Gasteiger partial charge in [0.15, 0.2) is 0 Å². The van der Waals surface area contributed by atoms with E-state index in [9.17, 15) is 18.0 Å². The van der Waals surface area contributed by atoms with E-state index in [1.54, 1.807) is 6.26 Å². The molecule has 2 aromatic carbocycles. The van der Waals surface area contributed by atoms with Gasteiger partial charge in [-0.1, -0.05) is 30.3 Å². The molecule has 1 aliphatic carbocycles. The number of halogens is 3. The van der Waals surface area contributed by atoms with Crippen LogP contribution in [0.4, 0.5) is 13.2 Å². The standard InChI is InChI=1S/C26H29F3N2O2S/c1-34-22-14-18(26(27,28)29)8-11-21(22)24(32)30-23(17-6-3-2-4-7-17)25(12-5-13-25)31-19-9-10-20(31)16-33-15-19/h2-4,6-8,11,14,19-20,23H,5,9-10,12-13,15-16H2,1H3,(H,30,32). The number of ether oxygens (including phenoxy) is 1. The molecule has 0 radical (unpaired) electrons. The van der Waals surface area contributed by atoms with Gasteiger partial charge in [-0.3, -0.25) is 9.69 Å². The molecule has 2 aliphatic heterocycles. The molecule has 3 aliphatic rings. The summed E-state index contributed by atoms with van der Waals surface area (Å²) in [6.07, 6.45) is 2.48. The van der Waals surface area contributed by atoms with Gasteiger partial charge in [0.25, 0.3) is 5.91 Å². The molecule has 1 N–H and O–H groups in total. The van der Waals surface area contributed by atoms with E-state index in [4.69, 9.17) is 4.74 Å². The molecule has 2 bridgehead atoms. The molecule has 4 nitrogen and oxygen atoms in total. The zero-order chi connectivity index (χ0) is 23.9. The van der Waals surface area contributed by atoms with Crippen LogP contribution in [0.3, 0.4) is 0 Å². The molecule has 1 amide bonds. The molecule has 182 valence electrons. The minimum atomic E-state index is -4.45. The first-order valence-electron chi connectivity index (χ1n) is 11.8. The van der Waals surface area contributed by atoms with Gasteiger partial charge in [0.2, 0.25) is 0 Å². The van der Waals surface area contributed by atoms with Crippen molar-refractivity contribution in [3.05, 3.63) is 65.2 Å². The van der Waals surface area contributed by atoms with Crippen molar-refractivity contribution in [2.75, 3.05) is 19.5 Å². The molecule has 3 unspecified atom stereocenters. The van der Waals surface area contributed by atoms with Gasteiger partial charge >= 0.3 is 6.18 Å². The number of carbonyl (C=O) groups is 1. The zero-order valence-corrected chi connectivity index (χ0v) is 19.9. The SMILES string of the molecule is CSc1cc(C(F)(F)F)ccc1C(=O)NC(c1ccccc1)C1(N2C3CCC2COC3)CCC1. The number of amides is 1. The molecular formula is C26H29F3N2O2S. The van der Waals surface area contributed by atoms with Gasteiger partial charge in [0.05, 0.1) is 30.4 Å². The lowest BCUT2D eigenvalue weighted by Crippen LogP contribution is -2.67. The fourth-order valence-electron chi connectivity index (χ4n) is 6.03. The van der Waals surface area contributed by atoms with E-state index in [0.29, 0.717) is 30.2 Å². The molecule has 3 fully saturated rings. The Hall–Kier alpha value is -2.03. The minimum Gasteiger partial charge on any atom is -0.378 e. The monoisotopic (exact) mass is 490 g/mol. The molecule has 2 aromatic rings. The first-order chi connectivity index (χ1) is 16.3. The summed E-state index contributed by atoms with van der Waals surface area (Å²) < 4.78 is 45.5. The number of rotatable bonds is 6. The summed E-state index contributed by atoms with van der Waals surface area (Å²) in [5, 5.41) is 3.28. The Bertz CT molecular complexity index is 1030. The number of morpholine rings is 1. The van der Waals surface area contributed by atoms with Crippen LogP contribution in [0.1, 0.15) is 59.6 Å². The van der Waals surface area contributed by atoms with E-state index in [1.807, 2.05) is 30.3 Å². The fraction of sp³-hybridized carbons (Fsp3) is 0.500. The van der Waals surface area contributed by atoms with Gasteiger partial charge in [-0.15, -0.1) is 11.8 Å². The zero-order valence-electron chi connectivity index (χ0n) is 19.1. The first kappa shape index (κ1) is 23.7. The Kier molecular flexibility index (Phi) is 6.42. The van der Waals surface area contributed by atoms with Gasteiger partial charge in [-0.25, -0.2) is 0 Å².